The summed E-state index contributed by atoms with van der Waals surface area (Å²) in [6.07, 6.45) is 3.95. The fraction of sp³-hybridized carbons (Fsp3) is 0.600. The van der Waals surface area contributed by atoms with E-state index >= 15 is 0 Å². The van der Waals surface area contributed by atoms with Crippen LogP contribution in [0.5, 0.6) is 0 Å². The molecular formula is C10H18N4O. The molecule has 0 unspecified atom stereocenters. The molecule has 1 aromatic heterocycles. The molecule has 0 saturated carbocycles. The summed E-state index contributed by atoms with van der Waals surface area (Å²) in [5.74, 6) is 0.649. The van der Waals surface area contributed by atoms with Crippen LogP contribution in [0.1, 0.15) is 26.1 Å². The first-order chi connectivity index (χ1) is 7.09. The monoisotopic (exact) mass is 210 g/mol. The summed E-state index contributed by atoms with van der Waals surface area (Å²) in [5.41, 5.74) is 5.09. The van der Waals surface area contributed by atoms with Crippen molar-refractivity contribution < 1.29 is 4.79 Å². The van der Waals surface area contributed by atoms with Gasteiger partial charge in [0, 0.05) is 31.4 Å². The summed E-state index contributed by atoms with van der Waals surface area (Å²) < 4.78 is 1.94. The number of aryl methyl sites for hydroxylation is 1. The molecule has 0 aliphatic carbocycles. The first-order valence-corrected chi connectivity index (χ1v) is 5.11. The summed E-state index contributed by atoms with van der Waals surface area (Å²) in [4.78, 5) is 14.9. The predicted octanol–water partition coefficient (Wildman–Crippen LogP) is 0.256. The maximum absolute atomic E-state index is 10.6. The van der Waals surface area contributed by atoms with Crippen LogP contribution >= 0.6 is 0 Å². The maximum Gasteiger partial charge on any atom is 0.219 e. The van der Waals surface area contributed by atoms with E-state index in [1.54, 1.807) is 6.20 Å². The van der Waals surface area contributed by atoms with Crippen molar-refractivity contribution in [3.63, 3.8) is 0 Å². The standard InChI is InChI=1S/C10H18N4O/c1-8(2)13-7-10-12-4-6-14(10)5-3-9(11)15/h4,6,8,13H,3,5,7H2,1-2H3,(H2,11,15). The van der Waals surface area contributed by atoms with Gasteiger partial charge in [-0.25, -0.2) is 4.98 Å². The third kappa shape index (κ3) is 4.12. The number of imidazole rings is 1. The number of carbonyl (C=O) groups is 1. The number of hydrogen-bond acceptors (Lipinski definition) is 3. The molecule has 3 N–H and O–H groups in total. The van der Waals surface area contributed by atoms with E-state index in [0.717, 1.165) is 5.82 Å². The normalized spacial score (nSPS) is 10.9. The Morgan fingerprint density at radius 3 is 3.00 bits per heavy atom. The van der Waals surface area contributed by atoms with Crippen LogP contribution in [0.4, 0.5) is 0 Å². The lowest BCUT2D eigenvalue weighted by atomic mass is 10.3. The number of aromatic nitrogens is 2. The maximum atomic E-state index is 10.6. The van der Waals surface area contributed by atoms with Crippen LogP contribution in [-0.2, 0) is 17.9 Å². The lowest BCUT2D eigenvalue weighted by Crippen LogP contribution is -2.24. The summed E-state index contributed by atoms with van der Waals surface area (Å²) in [5, 5.41) is 3.28. The number of nitrogens with two attached hydrogens (primary N) is 1. The molecule has 0 aliphatic heterocycles. The van der Waals surface area contributed by atoms with E-state index in [0.29, 0.717) is 25.6 Å². The highest BCUT2D eigenvalue weighted by molar-refractivity contribution is 5.73. The highest BCUT2D eigenvalue weighted by Crippen LogP contribution is 1.99. The van der Waals surface area contributed by atoms with Crippen molar-refractivity contribution in [1.82, 2.24) is 14.9 Å². The van der Waals surface area contributed by atoms with E-state index in [2.05, 4.69) is 24.1 Å². The van der Waals surface area contributed by atoms with E-state index in [1.807, 2.05) is 10.8 Å². The molecule has 1 heterocycles. The van der Waals surface area contributed by atoms with Gasteiger partial charge in [0.05, 0.1) is 6.54 Å². The number of hydrogen-bond donors (Lipinski definition) is 2. The van der Waals surface area contributed by atoms with Gasteiger partial charge in [0.15, 0.2) is 0 Å². The SMILES string of the molecule is CC(C)NCc1nccn1CCC(N)=O. The zero-order chi connectivity index (χ0) is 11.3. The second kappa shape index (κ2) is 5.50. The molecular weight excluding hydrogens is 192 g/mol. The van der Waals surface area contributed by atoms with Crippen molar-refractivity contribution in [1.29, 1.82) is 0 Å². The summed E-state index contributed by atoms with van der Waals surface area (Å²) >= 11 is 0. The Morgan fingerprint density at radius 1 is 1.67 bits per heavy atom. The molecule has 0 aromatic carbocycles. The Balaban J connectivity index is 2.49. The largest absolute Gasteiger partial charge is 0.370 e. The van der Waals surface area contributed by atoms with Gasteiger partial charge < -0.3 is 15.6 Å². The minimum absolute atomic E-state index is 0.286. The summed E-state index contributed by atoms with van der Waals surface area (Å²) in [7, 11) is 0. The van der Waals surface area contributed by atoms with Gasteiger partial charge in [-0.15, -0.1) is 0 Å². The van der Waals surface area contributed by atoms with E-state index in [9.17, 15) is 4.79 Å². The van der Waals surface area contributed by atoms with Crippen LogP contribution in [0.2, 0.25) is 0 Å². The van der Waals surface area contributed by atoms with Gasteiger partial charge in [-0.2, -0.15) is 0 Å². The molecule has 1 aromatic rings. The molecule has 0 saturated heterocycles. The van der Waals surface area contributed by atoms with Gasteiger partial charge in [0.25, 0.3) is 0 Å². The molecule has 0 fully saturated rings. The average Bonchev–Trinajstić information content (AvgIpc) is 2.58. The van der Waals surface area contributed by atoms with Crippen LogP contribution in [0.3, 0.4) is 0 Å². The quantitative estimate of drug-likeness (QED) is 0.707. The lowest BCUT2D eigenvalue weighted by Gasteiger charge is -2.09. The van der Waals surface area contributed by atoms with Crippen LogP contribution in [0, 0.1) is 0 Å². The van der Waals surface area contributed by atoms with Crippen molar-refractivity contribution in [2.75, 3.05) is 0 Å². The van der Waals surface area contributed by atoms with Crippen molar-refractivity contribution in [3.8, 4) is 0 Å². The van der Waals surface area contributed by atoms with Gasteiger partial charge in [-0.3, -0.25) is 4.79 Å². The minimum Gasteiger partial charge on any atom is -0.370 e. The minimum atomic E-state index is -0.286. The highest BCUT2D eigenvalue weighted by Gasteiger charge is 2.04. The molecule has 0 aliphatic rings. The van der Waals surface area contributed by atoms with E-state index in [4.69, 9.17) is 5.73 Å². The molecule has 0 atom stereocenters. The highest BCUT2D eigenvalue weighted by atomic mass is 16.1. The average molecular weight is 210 g/mol. The second-order valence-electron chi connectivity index (χ2n) is 3.79. The van der Waals surface area contributed by atoms with Crippen molar-refractivity contribution in [2.45, 2.75) is 39.4 Å². The van der Waals surface area contributed by atoms with Crippen LogP contribution < -0.4 is 11.1 Å². The number of nitrogens with one attached hydrogen (secondary N) is 1. The van der Waals surface area contributed by atoms with Gasteiger partial charge in [0.1, 0.15) is 5.82 Å². The molecule has 15 heavy (non-hydrogen) atoms. The molecule has 1 amide bonds. The van der Waals surface area contributed by atoms with E-state index in [1.165, 1.54) is 0 Å². The Hall–Kier alpha value is -1.36. The zero-order valence-corrected chi connectivity index (χ0v) is 9.23. The lowest BCUT2D eigenvalue weighted by molar-refractivity contribution is -0.118. The van der Waals surface area contributed by atoms with Crippen molar-refractivity contribution in [2.24, 2.45) is 5.73 Å². The van der Waals surface area contributed by atoms with Gasteiger partial charge >= 0.3 is 0 Å². The molecule has 0 spiro atoms. The van der Waals surface area contributed by atoms with Gasteiger partial charge in [-0.05, 0) is 0 Å². The Kier molecular flexibility index (Phi) is 4.30. The molecule has 1 rings (SSSR count). The number of rotatable bonds is 6. The first kappa shape index (κ1) is 11.7. The Morgan fingerprint density at radius 2 is 2.40 bits per heavy atom. The van der Waals surface area contributed by atoms with Crippen LogP contribution in [-0.4, -0.2) is 21.5 Å². The van der Waals surface area contributed by atoms with E-state index in [-0.39, 0.29) is 5.91 Å². The fourth-order valence-corrected chi connectivity index (χ4v) is 1.24. The fourth-order valence-electron chi connectivity index (χ4n) is 1.24. The predicted molar refractivity (Wildman–Crippen MR) is 58.0 cm³/mol. The smallest absolute Gasteiger partial charge is 0.219 e. The second-order valence-corrected chi connectivity index (χ2v) is 3.79. The third-order valence-corrected chi connectivity index (χ3v) is 2.07. The number of primary amides is 1. The number of amides is 1. The third-order valence-electron chi connectivity index (χ3n) is 2.07. The Labute approximate surface area is 89.7 Å². The van der Waals surface area contributed by atoms with Gasteiger partial charge in [0.2, 0.25) is 5.91 Å². The molecule has 0 radical (unpaired) electrons. The van der Waals surface area contributed by atoms with Crippen LogP contribution in [0.15, 0.2) is 12.4 Å². The summed E-state index contributed by atoms with van der Waals surface area (Å²) in [6.45, 7) is 5.47. The number of nitrogens with zero attached hydrogens (tertiary/aromatic N) is 2. The van der Waals surface area contributed by atoms with Crippen molar-refractivity contribution >= 4 is 5.91 Å². The molecule has 84 valence electrons. The Bertz CT molecular complexity index is 319. The molecule has 5 heteroatoms. The van der Waals surface area contributed by atoms with Gasteiger partial charge in [-0.1, -0.05) is 13.8 Å². The topological polar surface area (TPSA) is 72.9 Å². The van der Waals surface area contributed by atoms with Crippen molar-refractivity contribution in [3.05, 3.63) is 18.2 Å². The molecule has 0 bridgehead atoms. The summed E-state index contributed by atoms with van der Waals surface area (Å²) in [6, 6.07) is 0.422. The number of carbonyl (C=O) groups excluding carboxylic acids is 1. The molecule has 5 nitrogen and oxygen atoms in total. The zero-order valence-electron chi connectivity index (χ0n) is 9.23. The van der Waals surface area contributed by atoms with Crippen LogP contribution in [0.25, 0.3) is 0 Å². The first-order valence-electron chi connectivity index (χ1n) is 5.11. The van der Waals surface area contributed by atoms with E-state index < -0.39 is 0 Å².